The van der Waals surface area contributed by atoms with Gasteiger partial charge in [-0.15, -0.1) is 0 Å². The van der Waals surface area contributed by atoms with Crippen molar-refractivity contribution in [3.8, 4) is 5.75 Å². The topological polar surface area (TPSA) is 83.2 Å². The summed E-state index contributed by atoms with van der Waals surface area (Å²) < 4.78 is 18.3. The number of amides is 2. The van der Waals surface area contributed by atoms with E-state index in [1.54, 1.807) is 36.4 Å². The molecule has 7 heteroatoms. The Bertz CT molecular complexity index is 952. The Labute approximate surface area is 149 Å². The van der Waals surface area contributed by atoms with E-state index in [2.05, 4.69) is 15.6 Å². The Kier molecular flexibility index (Phi) is 5.17. The van der Waals surface area contributed by atoms with Crippen LogP contribution in [0, 0.1) is 5.82 Å². The maximum absolute atomic E-state index is 13.2. The number of methoxy groups -OCH3 is 1. The number of benzene rings is 2. The lowest BCUT2D eigenvalue weighted by molar-refractivity contribution is 0.0925. The van der Waals surface area contributed by atoms with Crippen LogP contribution in [0.25, 0.3) is 10.9 Å². The van der Waals surface area contributed by atoms with Gasteiger partial charge in [0.15, 0.2) is 0 Å². The third-order valence-corrected chi connectivity index (χ3v) is 3.86. The second-order valence-electron chi connectivity index (χ2n) is 5.66. The van der Waals surface area contributed by atoms with E-state index in [9.17, 15) is 14.0 Å². The van der Waals surface area contributed by atoms with Crippen molar-refractivity contribution in [2.24, 2.45) is 0 Å². The monoisotopic (exact) mass is 355 g/mol. The second kappa shape index (κ2) is 7.69. The van der Waals surface area contributed by atoms with Gasteiger partial charge in [0, 0.05) is 29.6 Å². The number of hydrogen-bond acceptors (Lipinski definition) is 3. The lowest BCUT2D eigenvalue weighted by Gasteiger charge is -2.07. The fourth-order valence-corrected chi connectivity index (χ4v) is 2.54. The number of H-pyrrole nitrogens is 1. The summed E-state index contributed by atoms with van der Waals surface area (Å²) in [6, 6.07) is 12.7. The van der Waals surface area contributed by atoms with E-state index < -0.39 is 0 Å². The van der Waals surface area contributed by atoms with Gasteiger partial charge in [0.25, 0.3) is 11.8 Å². The van der Waals surface area contributed by atoms with Crippen molar-refractivity contribution in [1.82, 2.24) is 15.6 Å². The summed E-state index contributed by atoms with van der Waals surface area (Å²) in [7, 11) is 1.53. The van der Waals surface area contributed by atoms with E-state index in [1.165, 1.54) is 19.2 Å². The van der Waals surface area contributed by atoms with Gasteiger partial charge in [-0.1, -0.05) is 6.07 Å². The molecule has 3 aromatic rings. The molecular formula is C19H18FN3O3. The van der Waals surface area contributed by atoms with Crippen LogP contribution in [0.2, 0.25) is 0 Å². The lowest BCUT2D eigenvalue weighted by Crippen LogP contribution is -2.34. The van der Waals surface area contributed by atoms with Crippen LogP contribution in [-0.2, 0) is 0 Å². The highest BCUT2D eigenvalue weighted by Crippen LogP contribution is 2.16. The van der Waals surface area contributed by atoms with Gasteiger partial charge in [-0.05, 0) is 42.5 Å². The van der Waals surface area contributed by atoms with Crippen LogP contribution >= 0.6 is 0 Å². The first-order valence-corrected chi connectivity index (χ1v) is 8.05. The molecule has 6 nitrogen and oxygen atoms in total. The first kappa shape index (κ1) is 17.5. The lowest BCUT2D eigenvalue weighted by atomic mass is 10.2. The van der Waals surface area contributed by atoms with Crippen LogP contribution in [0.4, 0.5) is 4.39 Å². The third-order valence-electron chi connectivity index (χ3n) is 3.86. The van der Waals surface area contributed by atoms with Crippen molar-refractivity contribution in [3.05, 3.63) is 65.6 Å². The van der Waals surface area contributed by atoms with Crippen molar-refractivity contribution in [1.29, 1.82) is 0 Å². The van der Waals surface area contributed by atoms with Crippen LogP contribution in [-0.4, -0.2) is 37.0 Å². The largest absolute Gasteiger partial charge is 0.497 e. The zero-order chi connectivity index (χ0) is 18.5. The van der Waals surface area contributed by atoms with Gasteiger partial charge < -0.3 is 20.4 Å². The van der Waals surface area contributed by atoms with E-state index in [1.807, 2.05) is 0 Å². The highest BCUT2D eigenvalue weighted by molar-refractivity contribution is 5.98. The predicted molar refractivity (Wildman–Crippen MR) is 95.9 cm³/mol. The van der Waals surface area contributed by atoms with Gasteiger partial charge in [-0.3, -0.25) is 9.59 Å². The molecule has 0 saturated heterocycles. The summed E-state index contributed by atoms with van der Waals surface area (Å²) in [6.45, 7) is 0.537. The molecule has 0 radical (unpaired) electrons. The minimum Gasteiger partial charge on any atom is -0.497 e. The highest BCUT2D eigenvalue weighted by atomic mass is 19.1. The molecule has 0 aliphatic rings. The van der Waals surface area contributed by atoms with E-state index in [0.717, 1.165) is 0 Å². The average Bonchev–Trinajstić information content (AvgIpc) is 3.08. The van der Waals surface area contributed by atoms with Gasteiger partial charge in [0.2, 0.25) is 0 Å². The van der Waals surface area contributed by atoms with Gasteiger partial charge in [-0.25, -0.2) is 4.39 Å². The van der Waals surface area contributed by atoms with E-state index in [-0.39, 0.29) is 30.7 Å². The molecule has 0 spiro atoms. The van der Waals surface area contributed by atoms with Crippen molar-refractivity contribution in [2.75, 3.05) is 20.2 Å². The number of fused-ring (bicyclic) bond motifs is 1. The number of aromatic amines is 1. The molecule has 0 unspecified atom stereocenters. The third kappa shape index (κ3) is 4.00. The molecule has 1 heterocycles. The zero-order valence-corrected chi connectivity index (χ0v) is 14.1. The number of halogens is 1. The second-order valence-corrected chi connectivity index (χ2v) is 5.66. The predicted octanol–water partition coefficient (Wildman–Crippen LogP) is 2.48. The summed E-state index contributed by atoms with van der Waals surface area (Å²) in [5, 5.41) is 6.05. The quantitative estimate of drug-likeness (QED) is 0.594. The maximum atomic E-state index is 13.2. The molecule has 26 heavy (non-hydrogen) atoms. The van der Waals surface area contributed by atoms with E-state index in [4.69, 9.17) is 4.74 Å². The van der Waals surface area contributed by atoms with Crippen LogP contribution in [0.5, 0.6) is 5.75 Å². The van der Waals surface area contributed by atoms with Gasteiger partial charge in [-0.2, -0.15) is 0 Å². The molecule has 1 aromatic heterocycles. The normalized spacial score (nSPS) is 10.5. The molecule has 2 amide bonds. The van der Waals surface area contributed by atoms with Crippen molar-refractivity contribution in [2.45, 2.75) is 0 Å². The van der Waals surface area contributed by atoms with Crippen LogP contribution in [0.15, 0.2) is 48.5 Å². The minimum absolute atomic E-state index is 0.251. The molecule has 134 valence electrons. The number of nitrogens with one attached hydrogen (secondary N) is 3. The molecule has 0 atom stereocenters. The number of carbonyl (C=O) groups is 2. The molecule has 2 aromatic carbocycles. The minimum atomic E-state index is -0.358. The van der Waals surface area contributed by atoms with Crippen LogP contribution in [0.3, 0.4) is 0 Å². The fraction of sp³-hybridized carbons (Fsp3) is 0.158. The number of ether oxygens (including phenoxy) is 1. The highest BCUT2D eigenvalue weighted by Gasteiger charge is 2.10. The molecule has 0 bridgehead atoms. The van der Waals surface area contributed by atoms with E-state index in [0.29, 0.717) is 27.9 Å². The SMILES string of the molecule is COc1cccc(C(=O)NCCNC(=O)c2cc3cc(F)ccc3[nH]2)c1. The first-order chi connectivity index (χ1) is 12.6. The standard InChI is InChI=1S/C19H18FN3O3/c1-26-15-4-2-3-12(10-15)18(24)21-7-8-22-19(25)17-11-13-9-14(20)5-6-16(13)23-17/h2-6,9-11,23H,7-8H2,1H3,(H,21,24)(H,22,25). The molecule has 0 aliphatic heterocycles. The Balaban J connectivity index is 1.50. The van der Waals surface area contributed by atoms with Crippen molar-refractivity contribution in [3.63, 3.8) is 0 Å². The van der Waals surface area contributed by atoms with Crippen molar-refractivity contribution >= 4 is 22.7 Å². The van der Waals surface area contributed by atoms with E-state index >= 15 is 0 Å². The average molecular weight is 355 g/mol. The molecule has 0 fully saturated rings. The summed E-state index contributed by atoms with van der Waals surface area (Å²) in [6.07, 6.45) is 0. The maximum Gasteiger partial charge on any atom is 0.267 e. The Morgan fingerprint density at radius 3 is 2.58 bits per heavy atom. The first-order valence-electron chi connectivity index (χ1n) is 8.05. The molecule has 0 aliphatic carbocycles. The number of carbonyl (C=O) groups excluding carboxylic acids is 2. The van der Waals surface area contributed by atoms with Gasteiger partial charge in [0.05, 0.1) is 7.11 Å². The number of rotatable bonds is 6. The smallest absolute Gasteiger partial charge is 0.267 e. The summed E-state index contributed by atoms with van der Waals surface area (Å²) in [5.41, 5.74) is 1.50. The summed E-state index contributed by atoms with van der Waals surface area (Å²) in [4.78, 5) is 27.1. The molecule has 3 rings (SSSR count). The molecular weight excluding hydrogens is 337 g/mol. The summed E-state index contributed by atoms with van der Waals surface area (Å²) in [5.74, 6) is -0.332. The summed E-state index contributed by atoms with van der Waals surface area (Å²) >= 11 is 0. The fourth-order valence-electron chi connectivity index (χ4n) is 2.54. The Morgan fingerprint density at radius 2 is 1.81 bits per heavy atom. The Morgan fingerprint density at radius 1 is 1.04 bits per heavy atom. The zero-order valence-electron chi connectivity index (χ0n) is 14.1. The van der Waals surface area contributed by atoms with Gasteiger partial charge in [0.1, 0.15) is 17.3 Å². The van der Waals surface area contributed by atoms with Crippen LogP contribution in [0.1, 0.15) is 20.8 Å². The molecule has 3 N–H and O–H groups in total. The number of hydrogen-bond donors (Lipinski definition) is 3. The van der Waals surface area contributed by atoms with Gasteiger partial charge >= 0.3 is 0 Å². The number of aromatic nitrogens is 1. The Hall–Kier alpha value is -3.35. The van der Waals surface area contributed by atoms with Crippen molar-refractivity contribution < 1.29 is 18.7 Å². The molecule has 0 saturated carbocycles. The van der Waals surface area contributed by atoms with Crippen LogP contribution < -0.4 is 15.4 Å².